The van der Waals surface area contributed by atoms with Crippen LogP contribution in [0.25, 0.3) is 0 Å². The Hall–Kier alpha value is -2.40. The van der Waals surface area contributed by atoms with Crippen molar-refractivity contribution in [3.63, 3.8) is 0 Å². The number of carbonyl (C=O) groups excluding carboxylic acids is 1. The van der Waals surface area contributed by atoms with Gasteiger partial charge in [-0.3, -0.25) is 4.98 Å². The van der Waals surface area contributed by atoms with Gasteiger partial charge in [0.05, 0.1) is 37.3 Å². The second-order valence-corrected chi connectivity index (χ2v) is 5.66. The number of anilines is 1. The summed E-state index contributed by atoms with van der Waals surface area (Å²) < 4.78 is 10.6. The molecule has 0 bridgehead atoms. The van der Waals surface area contributed by atoms with Crippen LogP contribution >= 0.6 is 0 Å². The molecule has 1 aromatic heterocycles. The quantitative estimate of drug-likeness (QED) is 0.860. The van der Waals surface area contributed by atoms with Gasteiger partial charge in [-0.1, -0.05) is 30.3 Å². The lowest BCUT2D eigenvalue weighted by Crippen LogP contribution is -2.53. The smallest absolute Gasteiger partial charge is 0.340 e. The van der Waals surface area contributed by atoms with Crippen molar-refractivity contribution in [2.75, 3.05) is 25.1 Å². The van der Waals surface area contributed by atoms with E-state index in [-0.39, 0.29) is 11.5 Å². The highest BCUT2D eigenvalue weighted by atomic mass is 16.5. The van der Waals surface area contributed by atoms with Crippen molar-refractivity contribution in [1.82, 2.24) is 4.98 Å². The van der Waals surface area contributed by atoms with E-state index in [2.05, 4.69) is 22.4 Å². The zero-order valence-electron chi connectivity index (χ0n) is 13.3. The van der Waals surface area contributed by atoms with Crippen molar-refractivity contribution < 1.29 is 14.3 Å². The lowest BCUT2D eigenvalue weighted by atomic mass is 9.87. The van der Waals surface area contributed by atoms with Crippen molar-refractivity contribution in [3.05, 3.63) is 59.4 Å². The summed E-state index contributed by atoms with van der Waals surface area (Å²) in [6.45, 7) is 5.09. The normalized spacial score (nSPS) is 15.6. The first-order chi connectivity index (χ1) is 11.1. The Labute approximate surface area is 135 Å². The fourth-order valence-electron chi connectivity index (χ4n) is 2.67. The van der Waals surface area contributed by atoms with E-state index in [1.54, 1.807) is 19.2 Å². The maximum atomic E-state index is 12.2. The van der Waals surface area contributed by atoms with Gasteiger partial charge in [-0.05, 0) is 25.5 Å². The van der Waals surface area contributed by atoms with E-state index < -0.39 is 0 Å². The highest BCUT2D eigenvalue weighted by molar-refractivity contribution is 5.95. The summed E-state index contributed by atoms with van der Waals surface area (Å²) in [4.78, 5) is 16.5. The summed E-state index contributed by atoms with van der Waals surface area (Å²) >= 11 is 0. The average molecular weight is 312 g/mol. The summed E-state index contributed by atoms with van der Waals surface area (Å²) in [6, 6.07) is 11.8. The Bertz CT molecular complexity index is 697. The molecular weight excluding hydrogens is 292 g/mol. The number of nitrogens with zero attached hydrogens (tertiary/aromatic N) is 1. The second-order valence-electron chi connectivity index (χ2n) is 5.66. The molecule has 1 aliphatic heterocycles. The minimum Gasteiger partial charge on any atom is -0.462 e. The van der Waals surface area contributed by atoms with E-state index >= 15 is 0 Å². The van der Waals surface area contributed by atoms with E-state index in [4.69, 9.17) is 9.47 Å². The van der Waals surface area contributed by atoms with E-state index in [1.165, 1.54) is 0 Å². The number of hydrogen-bond donors (Lipinski definition) is 1. The predicted molar refractivity (Wildman–Crippen MR) is 87.5 cm³/mol. The molecule has 0 saturated carbocycles. The molecular formula is C18H20N2O3. The third-order valence-corrected chi connectivity index (χ3v) is 3.93. The summed E-state index contributed by atoms with van der Waals surface area (Å²) in [5.74, 6) is -0.344. The Balaban J connectivity index is 1.94. The van der Waals surface area contributed by atoms with Gasteiger partial charge in [-0.25, -0.2) is 4.79 Å². The third kappa shape index (κ3) is 3.05. The highest BCUT2D eigenvalue weighted by Gasteiger charge is 2.41. The number of aryl methyl sites for hydroxylation is 1. The van der Waals surface area contributed by atoms with Crippen LogP contribution < -0.4 is 5.32 Å². The van der Waals surface area contributed by atoms with Gasteiger partial charge in [0.1, 0.15) is 5.54 Å². The van der Waals surface area contributed by atoms with Gasteiger partial charge in [0.15, 0.2) is 0 Å². The predicted octanol–water partition coefficient (Wildman–Crippen LogP) is 2.90. The summed E-state index contributed by atoms with van der Waals surface area (Å²) in [7, 11) is 0. The molecule has 1 saturated heterocycles. The fraction of sp³-hybridized carbons (Fsp3) is 0.333. The van der Waals surface area contributed by atoms with Crippen LogP contribution in [0, 0.1) is 6.92 Å². The molecule has 120 valence electrons. The van der Waals surface area contributed by atoms with E-state index in [0.717, 1.165) is 11.3 Å². The highest BCUT2D eigenvalue weighted by Crippen LogP contribution is 2.34. The molecule has 0 atom stereocenters. The number of esters is 1. The van der Waals surface area contributed by atoms with Crippen LogP contribution in [0.15, 0.2) is 42.6 Å². The maximum Gasteiger partial charge on any atom is 0.340 e. The summed E-state index contributed by atoms with van der Waals surface area (Å²) in [5.41, 5.74) is 2.74. The van der Waals surface area contributed by atoms with Crippen LogP contribution in [0.5, 0.6) is 0 Å². The zero-order chi connectivity index (χ0) is 16.3. The van der Waals surface area contributed by atoms with E-state index in [1.807, 2.05) is 25.1 Å². The molecule has 2 aromatic rings. The van der Waals surface area contributed by atoms with Gasteiger partial charge in [-0.2, -0.15) is 0 Å². The van der Waals surface area contributed by atoms with Crippen molar-refractivity contribution in [1.29, 1.82) is 0 Å². The molecule has 3 rings (SSSR count). The largest absolute Gasteiger partial charge is 0.462 e. The van der Waals surface area contributed by atoms with Gasteiger partial charge >= 0.3 is 5.97 Å². The van der Waals surface area contributed by atoms with Crippen LogP contribution in [0.2, 0.25) is 0 Å². The molecule has 0 unspecified atom stereocenters. The Morgan fingerprint density at radius 1 is 1.35 bits per heavy atom. The number of rotatable bonds is 5. The number of hydrogen-bond acceptors (Lipinski definition) is 5. The third-order valence-electron chi connectivity index (χ3n) is 3.93. The molecule has 5 heteroatoms. The number of benzene rings is 1. The molecule has 1 fully saturated rings. The first kappa shape index (κ1) is 15.5. The Morgan fingerprint density at radius 3 is 2.70 bits per heavy atom. The first-order valence-corrected chi connectivity index (χ1v) is 7.70. The molecule has 1 N–H and O–H groups in total. The van der Waals surface area contributed by atoms with Gasteiger partial charge in [0, 0.05) is 5.69 Å². The summed E-state index contributed by atoms with van der Waals surface area (Å²) in [6.07, 6.45) is 1.69. The number of ether oxygens (including phenoxy) is 2. The monoisotopic (exact) mass is 312 g/mol. The van der Waals surface area contributed by atoms with Gasteiger partial charge in [0.2, 0.25) is 0 Å². The molecule has 5 nitrogen and oxygen atoms in total. The summed E-state index contributed by atoms with van der Waals surface area (Å²) in [5, 5.41) is 3.45. The van der Waals surface area contributed by atoms with Crippen LogP contribution in [-0.2, 0) is 15.0 Å². The molecule has 0 aliphatic carbocycles. The van der Waals surface area contributed by atoms with Crippen LogP contribution in [0.1, 0.15) is 28.5 Å². The Kier molecular flexibility index (Phi) is 4.30. The zero-order valence-corrected chi connectivity index (χ0v) is 13.3. The molecule has 23 heavy (non-hydrogen) atoms. The standard InChI is InChI=1S/C18H20N2O3/c1-3-23-17(21)15-9-13(2)19-10-16(15)20-18(11-22-12-18)14-7-5-4-6-8-14/h4-10,20H,3,11-12H2,1-2H3. The molecule has 0 radical (unpaired) electrons. The van der Waals surface area contributed by atoms with Crippen LogP contribution in [-0.4, -0.2) is 30.8 Å². The lowest BCUT2D eigenvalue weighted by molar-refractivity contribution is -0.0447. The van der Waals surface area contributed by atoms with Gasteiger partial charge < -0.3 is 14.8 Å². The van der Waals surface area contributed by atoms with Crippen molar-refractivity contribution in [2.24, 2.45) is 0 Å². The molecule has 0 amide bonds. The lowest BCUT2D eigenvalue weighted by Gasteiger charge is -2.43. The van der Waals surface area contributed by atoms with Crippen molar-refractivity contribution >= 4 is 11.7 Å². The van der Waals surface area contributed by atoms with Crippen molar-refractivity contribution in [2.45, 2.75) is 19.4 Å². The number of carbonyl (C=O) groups is 1. The number of aromatic nitrogens is 1. The molecule has 1 aromatic carbocycles. The molecule has 0 spiro atoms. The second kappa shape index (κ2) is 6.38. The minimum atomic E-state index is -0.344. The first-order valence-electron chi connectivity index (χ1n) is 7.70. The van der Waals surface area contributed by atoms with Gasteiger partial charge in [0.25, 0.3) is 0 Å². The van der Waals surface area contributed by atoms with Gasteiger partial charge in [-0.15, -0.1) is 0 Å². The van der Waals surface area contributed by atoms with E-state index in [0.29, 0.717) is 31.1 Å². The van der Waals surface area contributed by atoms with E-state index in [9.17, 15) is 4.79 Å². The SMILES string of the molecule is CCOC(=O)c1cc(C)ncc1NC1(c2ccccc2)COC1. The molecule has 1 aliphatic rings. The maximum absolute atomic E-state index is 12.2. The van der Waals surface area contributed by atoms with Crippen LogP contribution in [0.3, 0.4) is 0 Å². The fourth-order valence-corrected chi connectivity index (χ4v) is 2.67. The molecule has 2 heterocycles. The average Bonchev–Trinajstić information content (AvgIpc) is 2.53. The topological polar surface area (TPSA) is 60.5 Å². The minimum absolute atomic E-state index is 0.334. The number of nitrogens with one attached hydrogen (secondary N) is 1. The van der Waals surface area contributed by atoms with Crippen molar-refractivity contribution in [3.8, 4) is 0 Å². The van der Waals surface area contributed by atoms with Crippen LogP contribution in [0.4, 0.5) is 5.69 Å². The Morgan fingerprint density at radius 2 is 2.09 bits per heavy atom. The number of pyridine rings is 1.